The number of nitrogens with zero attached hydrogens (tertiary/aromatic N) is 2. The lowest BCUT2D eigenvalue weighted by molar-refractivity contribution is -0.130. The Balaban J connectivity index is 2.32. The van der Waals surface area contributed by atoms with Crippen molar-refractivity contribution in [3.63, 3.8) is 0 Å². The summed E-state index contributed by atoms with van der Waals surface area (Å²) in [5.41, 5.74) is 6.84. The molecule has 18 heavy (non-hydrogen) atoms. The van der Waals surface area contributed by atoms with Gasteiger partial charge in [0.25, 0.3) is 0 Å². The molecule has 0 aromatic heterocycles. The summed E-state index contributed by atoms with van der Waals surface area (Å²) < 4.78 is 1.01. The molecule has 0 saturated carbocycles. The van der Waals surface area contributed by atoms with Crippen molar-refractivity contribution in [1.29, 1.82) is 0 Å². The molecule has 1 fully saturated rings. The smallest absolute Gasteiger partial charge is 0.246 e. The number of hydrogen-bond acceptors (Lipinski definition) is 3. The Bertz CT molecular complexity index is 438. The van der Waals surface area contributed by atoms with Crippen LogP contribution in [0.1, 0.15) is 6.42 Å². The lowest BCUT2D eigenvalue weighted by atomic mass is 10.2. The van der Waals surface area contributed by atoms with E-state index in [2.05, 4.69) is 20.8 Å². The number of carbonyl (C=O) groups is 1. The number of rotatable bonds is 2. The molecule has 2 N–H and O–H groups in total. The Labute approximate surface area is 116 Å². The molecule has 1 aliphatic heterocycles. The molecular formula is C13H18BrN3O. The first-order valence-corrected chi connectivity index (χ1v) is 6.90. The van der Waals surface area contributed by atoms with Crippen molar-refractivity contribution >= 4 is 27.5 Å². The molecule has 1 aromatic rings. The van der Waals surface area contributed by atoms with Crippen LogP contribution in [0, 0.1) is 0 Å². The molecule has 1 aliphatic rings. The maximum atomic E-state index is 12.2. The Hall–Kier alpha value is -1.07. The average Bonchev–Trinajstić information content (AvgIpc) is 2.50. The zero-order valence-electron chi connectivity index (χ0n) is 10.5. The van der Waals surface area contributed by atoms with Crippen LogP contribution in [0.5, 0.6) is 0 Å². The van der Waals surface area contributed by atoms with E-state index in [0.717, 1.165) is 29.7 Å². The number of carbonyl (C=O) groups excluding carboxylic acids is 1. The summed E-state index contributed by atoms with van der Waals surface area (Å²) >= 11 is 3.46. The monoisotopic (exact) mass is 311 g/mol. The van der Waals surface area contributed by atoms with Gasteiger partial charge in [-0.15, -0.1) is 0 Å². The molecule has 0 bridgehead atoms. The maximum absolute atomic E-state index is 12.2. The summed E-state index contributed by atoms with van der Waals surface area (Å²) in [6, 6.07) is 7.75. The molecule has 2 rings (SSSR count). The summed E-state index contributed by atoms with van der Waals surface area (Å²) in [4.78, 5) is 16.1. The summed E-state index contributed by atoms with van der Waals surface area (Å²) in [5.74, 6) is 0.106. The molecule has 1 saturated heterocycles. The fraction of sp³-hybridized carbons (Fsp3) is 0.462. The topological polar surface area (TPSA) is 49.6 Å². The Morgan fingerprint density at radius 2 is 2.22 bits per heavy atom. The molecule has 4 nitrogen and oxygen atoms in total. The van der Waals surface area contributed by atoms with Crippen molar-refractivity contribution in [2.45, 2.75) is 12.5 Å². The van der Waals surface area contributed by atoms with Crippen molar-refractivity contribution in [2.24, 2.45) is 5.73 Å². The van der Waals surface area contributed by atoms with Gasteiger partial charge in [0.05, 0.1) is 0 Å². The van der Waals surface area contributed by atoms with Crippen LogP contribution in [0.15, 0.2) is 28.7 Å². The van der Waals surface area contributed by atoms with Crippen LogP contribution < -0.4 is 10.6 Å². The molecule has 0 spiro atoms. The predicted octanol–water partition coefficient (Wildman–Crippen LogP) is 1.44. The van der Waals surface area contributed by atoms with Gasteiger partial charge >= 0.3 is 0 Å². The number of anilines is 1. The molecule has 5 heteroatoms. The van der Waals surface area contributed by atoms with Gasteiger partial charge in [-0.25, -0.2) is 0 Å². The summed E-state index contributed by atoms with van der Waals surface area (Å²) in [5, 5.41) is 0. The van der Waals surface area contributed by atoms with Gasteiger partial charge in [0.2, 0.25) is 5.91 Å². The van der Waals surface area contributed by atoms with E-state index in [1.54, 1.807) is 4.90 Å². The third-order valence-corrected chi connectivity index (χ3v) is 3.79. The van der Waals surface area contributed by atoms with Crippen LogP contribution in [-0.2, 0) is 4.79 Å². The van der Waals surface area contributed by atoms with Gasteiger partial charge < -0.3 is 15.5 Å². The van der Waals surface area contributed by atoms with Crippen LogP contribution in [0.25, 0.3) is 0 Å². The van der Waals surface area contributed by atoms with Crippen LogP contribution in [-0.4, -0.2) is 43.5 Å². The zero-order valence-corrected chi connectivity index (χ0v) is 12.1. The number of nitrogens with two attached hydrogens (primary N) is 1. The Kier molecular flexibility index (Phi) is 4.24. The van der Waals surface area contributed by atoms with E-state index >= 15 is 0 Å². The van der Waals surface area contributed by atoms with E-state index in [1.807, 2.05) is 31.3 Å². The highest BCUT2D eigenvalue weighted by atomic mass is 79.9. The van der Waals surface area contributed by atoms with E-state index in [9.17, 15) is 4.79 Å². The van der Waals surface area contributed by atoms with Crippen molar-refractivity contribution in [3.05, 3.63) is 28.7 Å². The van der Waals surface area contributed by atoms with E-state index in [4.69, 9.17) is 5.73 Å². The third-order valence-electron chi connectivity index (χ3n) is 3.29. The normalized spacial score (nSPS) is 21.1. The summed E-state index contributed by atoms with van der Waals surface area (Å²) in [7, 11) is 1.84. The van der Waals surface area contributed by atoms with E-state index in [0.29, 0.717) is 6.54 Å². The Morgan fingerprint density at radius 1 is 1.44 bits per heavy atom. The van der Waals surface area contributed by atoms with Gasteiger partial charge in [-0.1, -0.05) is 22.0 Å². The predicted molar refractivity (Wildman–Crippen MR) is 76.6 cm³/mol. The second kappa shape index (κ2) is 5.71. The highest BCUT2D eigenvalue weighted by Crippen LogP contribution is 2.24. The first-order valence-electron chi connectivity index (χ1n) is 6.10. The van der Waals surface area contributed by atoms with Gasteiger partial charge in [0.15, 0.2) is 0 Å². The number of halogens is 1. The SMILES string of the molecule is CN1CCCN(c2cccc(Br)c2)C(CN)C1=O. The molecule has 1 heterocycles. The molecule has 98 valence electrons. The van der Waals surface area contributed by atoms with E-state index in [1.165, 1.54) is 0 Å². The third kappa shape index (κ3) is 2.67. The van der Waals surface area contributed by atoms with Crippen LogP contribution in [0.2, 0.25) is 0 Å². The molecule has 1 aromatic carbocycles. The molecule has 1 atom stereocenters. The fourth-order valence-corrected chi connectivity index (χ4v) is 2.71. The summed E-state index contributed by atoms with van der Waals surface area (Å²) in [6.45, 7) is 1.99. The standard InChI is InChI=1S/C13H18BrN3O/c1-16-6-3-7-17(12(9-15)13(16)18)11-5-2-4-10(14)8-11/h2,4-5,8,12H,3,6-7,9,15H2,1H3. The van der Waals surface area contributed by atoms with Gasteiger partial charge in [0, 0.05) is 36.8 Å². The van der Waals surface area contributed by atoms with E-state index < -0.39 is 0 Å². The quantitative estimate of drug-likeness (QED) is 0.899. The largest absolute Gasteiger partial charge is 0.358 e. The minimum Gasteiger partial charge on any atom is -0.358 e. The van der Waals surface area contributed by atoms with E-state index in [-0.39, 0.29) is 11.9 Å². The van der Waals surface area contributed by atoms with Gasteiger partial charge in [-0.2, -0.15) is 0 Å². The first kappa shape index (κ1) is 13.4. The molecule has 1 amide bonds. The minimum atomic E-state index is -0.258. The van der Waals surface area contributed by atoms with Crippen molar-refractivity contribution < 1.29 is 4.79 Å². The number of benzene rings is 1. The highest BCUT2D eigenvalue weighted by molar-refractivity contribution is 9.10. The lowest BCUT2D eigenvalue weighted by Gasteiger charge is -2.30. The van der Waals surface area contributed by atoms with Gasteiger partial charge in [-0.05, 0) is 24.6 Å². The summed E-state index contributed by atoms with van der Waals surface area (Å²) in [6.07, 6.45) is 0.964. The fourth-order valence-electron chi connectivity index (χ4n) is 2.32. The second-order valence-electron chi connectivity index (χ2n) is 4.54. The van der Waals surface area contributed by atoms with Gasteiger partial charge in [-0.3, -0.25) is 4.79 Å². The van der Waals surface area contributed by atoms with Crippen molar-refractivity contribution in [1.82, 2.24) is 4.90 Å². The first-order chi connectivity index (χ1) is 8.63. The van der Waals surface area contributed by atoms with Crippen molar-refractivity contribution in [3.8, 4) is 0 Å². The van der Waals surface area contributed by atoms with Gasteiger partial charge in [0.1, 0.15) is 6.04 Å². The molecular weight excluding hydrogens is 294 g/mol. The average molecular weight is 312 g/mol. The van der Waals surface area contributed by atoms with Crippen LogP contribution in [0.3, 0.4) is 0 Å². The molecule has 0 aliphatic carbocycles. The van der Waals surface area contributed by atoms with Crippen LogP contribution >= 0.6 is 15.9 Å². The minimum absolute atomic E-state index is 0.106. The van der Waals surface area contributed by atoms with Crippen LogP contribution in [0.4, 0.5) is 5.69 Å². The highest BCUT2D eigenvalue weighted by Gasteiger charge is 2.30. The lowest BCUT2D eigenvalue weighted by Crippen LogP contribution is -2.49. The zero-order chi connectivity index (χ0) is 13.1. The number of likely N-dealkylation sites (N-methyl/N-ethyl adjacent to an activating group) is 1. The second-order valence-corrected chi connectivity index (χ2v) is 5.45. The maximum Gasteiger partial charge on any atom is 0.246 e. The molecule has 0 radical (unpaired) electrons. The number of amides is 1. The number of hydrogen-bond donors (Lipinski definition) is 1. The molecule has 1 unspecified atom stereocenters. The van der Waals surface area contributed by atoms with Crippen molar-refractivity contribution in [2.75, 3.05) is 31.6 Å². The Morgan fingerprint density at radius 3 is 2.89 bits per heavy atom.